The standard InChI is InChI=1S/C14H18N2O3/c1-9-8-10(12(17)18)4-5-11(9)16-13(19)14(15)6-2-3-7-14/h4-5,8H,2-3,6-7,15H2,1H3,(H,16,19)(H,17,18). The summed E-state index contributed by atoms with van der Waals surface area (Å²) >= 11 is 0. The number of carboxylic acids is 1. The van der Waals surface area contributed by atoms with E-state index in [2.05, 4.69) is 5.32 Å². The first-order valence-electron chi connectivity index (χ1n) is 6.37. The highest BCUT2D eigenvalue weighted by atomic mass is 16.4. The third kappa shape index (κ3) is 2.76. The topological polar surface area (TPSA) is 92.4 Å². The number of nitrogens with one attached hydrogen (secondary N) is 1. The van der Waals surface area contributed by atoms with Gasteiger partial charge in [0.25, 0.3) is 0 Å². The summed E-state index contributed by atoms with van der Waals surface area (Å²) in [7, 11) is 0. The first kappa shape index (κ1) is 13.5. The van der Waals surface area contributed by atoms with E-state index in [1.165, 1.54) is 12.1 Å². The molecule has 1 saturated carbocycles. The molecule has 0 heterocycles. The van der Waals surface area contributed by atoms with Crippen LogP contribution in [0.5, 0.6) is 0 Å². The van der Waals surface area contributed by atoms with Crippen molar-refractivity contribution in [2.75, 3.05) is 5.32 Å². The van der Waals surface area contributed by atoms with E-state index in [9.17, 15) is 9.59 Å². The van der Waals surface area contributed by atoms with Crippen LogP contribution in [0.2, 0.25) is 0 Å². The molecule has 19 heavy (non-hydrogen) atoms. The van der Waals surface area contributed by atoms with Crippen molar-refractivity contribution < 1.29 is 14.7 Å². The van der Waals surface area contributed by atoms with Gasteiger partial charge in [-0.25, -0.2) is 4.79 Å². The maximum Gasteiger partial charge on any atom is 0.335 e. The Morgan fingerprint density at radius 1 is 1.32 bits per heavy atom. The monoisotopic (exact) mass is 262 g/mol. The molecule has 2 rings (SSSR count). The van der Waals surface area contributed by atoms with Gasteiger partial charge in [-0.2, -0.15) is 0 Å². The molecule has 0 atom stereocenters. The zero-order valence-corrected chi connectivity index (χ0v) is 10.9. The zero-order chi connectivity index (χ0) is 14.0. The Morgan fingerprint density at radius 2 is 1.95 bits per heavy atom. The highest BCUT2D eigenvalue weighted by Gasteiger charge is 2.37. The van der Waals surface area contributed by atoms with Crippen molar-refractivity contribution in [1.82, 2.24) is 0 Å². The Labute approximate surface area is 111 Å². The second-order valence-electron chi connectivity index (χ2n) is 5.15. The summed E-state index contributed by atoms with van der Waals surface area (Å²) in [6.45, 7) is 1.76. The lowest BCUT2D eigenvalue weighted by atomic mass is 9.97. The van der Waals surface area contributed by atoms with Crippen LogP contribution < -0.4 is 11.1 Å². The SMILES string of the molecule is Cc1cc(C(=O)O)ccc1NC(=O)C1(N)CCCC1. The van der Waals surface area contributed by atoms with Gasteiger partial charge in [0.1, 0.15) is 0 Å². The van der Waals surface area contributed by atoms with Gasteiger partial charge in [-0.3, -0.25) is 4.79 Å². The first-order chi connectivity index (χ1) is 8.92. The van der Waals surface area contributed by atoms with Gasteiger partial charge in [0.2, 0.25) is 5.91 Å². The number of carbonyl (C=O) groups excluding carboxylic acids is 1. The smallest absolute Gasteiger partial charge is 0.335 e. The molecule has 0 aliphatic heterocycles. The van der Waals surface area contributed by atoms with Gasteiger partial charge in [0, 0.05) is 5.69 Å². The fraction of sp³-hybridized carbons (Fsp3) is 0.429. The molecule has 1 fully saturated rings. The number of anilines is 1. The van der Waals surface area contributed by atoms with Crippen molar-refractivity contribution in [3.8, 4) is 0 Å². The molecule has 102 valence electrons. The summed E-state index contributed by atoms with van der Waals surface area (Å²) in [6, 6.07) is 4.62. The lowest BCUT2D eigenvalue weighted by molar-refractivity contribution is -0.121. The lowest BCUT2D eigenvalue weighted by Gasteiger charge is -2.22. The summed E-state index contributed by atoms with van der Waals surface area (Å²) < 4.78 is 0. The van der Waals surface area contributed by atoms with Gasteiger partial charge < -0.3 is 16.2 Å². The van der Waals surface area contributed by atoms with E-state index >= 15 is 0 Å². The van der Waals surface area contributed by atoms with E-state index in [0.717, 1.165) is 18.4 Å². The van der Waals surface area contributed by atoms with Gasteiger partial charge in [0.15, 0.2) is 0 Å². The summed E-state index contributed by atoms with van der Waals surface area (Å²) in [5.41, 5.74) is 6.83. The number of aryl methyl sites for hydroxylation is 1. The van der Waals surface area contributed by atoms with E-state index in [0.29, 0.717) is 18.5 Å². The van der Waals surface area contributed by atoms with Gasteiger partial charge in [-0.1, -0.05) is 12.8 Å². The van der Waals surface area contributed by atoms with Crippen molar-refractivity contribution in [2.24, 2.45) is 5.73 Å². The number of aromatic carboxylic acids is 1. The molecule has 0 aromatic heterocycles. The molecule has 5 heteroatoms. The summed E-state index contributed by atoms with van der Waals surface area (Å²) in [4.78, 5) is 23.0. The Balaban J connectivity index is 2.15. The highest BCUT2D eigenvalue weighted by Crippen LogP contribution is 2.29. The number of carbonyl (C=O) groups is 2. The van der Waals surface area contributed by atoms with Crippen molar-refractivity contribution in [1.29, 1.82) is 0 Å². The zero-order valence-electron chi connectivity index (χ0n) is 10.9. The Kier molecular flexibility index (Phi) is 3.57. The molecule has 0 spiro atoms. The van der Waals surface area contributed by atoms with Crippen LogP contribution >= 0.6 is 0 Å². The number of nitrogens with two attached hydrogens (primary N) is 1. The fourth-order valence-corrected chi connectivity index (χ4v) is 2.42. The van der Waals surface area contributed by atoms with Gasteiger partial charge in [0.05, 0.1) is 11.1 Å². The largest absolute Gasteiger partial charge is 0.478 e. The predicted molar refractivity (Wildman–Crippen MR) is 72.2 cm³/mol. The molecule has 1 aromatic carbocycles. The second-order valence-corrected chi connectivity index (χ2v) is 5.15. The van der Waals surface area contributed by atoms with Crippen LogP contribution in [0.3, 0.4) is 0 Å². The van der Waals surface area contributed by atoms with Crippen LogP contribution in [0.15, 0.2) is 18.2 Å². The van der Waals surface area contributed by atoms with E-state index in [4.69, 9.17) is 10.8 Å². The highest BCUT2D eigenvalue weighted by molar-refractivity contribution is 5.99. The maximum atomic E-state index is 12.2. The molecular weight excluding hydrogens is 244 g/mol. The van der Waals surface area contributed by atoms with E-state index in [1.807, 2.05) is 0 Å². The lowest BCUT2D eigenvalue weighted by Crippen LogP contribution is -2.48. The summed E-state index contributed by atoms with van der Waals surface area (Å²) in [5, 5.41) is 11.7. The number of rotatable bonds is 3. The molecule has 5 nitrogen and oxygen atoms in total. The van der Waals surface area contributed by atoms with Gasteiger partial charge in [-0.15, -0.1) is 0 Å². The van der Waals surface area contributed by atoms with Crippen LogP contribution in [-0.2, 0) is 4.79 Å². The molecule has 4 N–H and O–H groups in total. The normalized spacial score (nSPS) is 17.2. The number of carboxylic acid groups (broad SMARTS) is 1. The van der Waals surface area contributed by atoms with Crippen LogP contribution in [0.25, 0.3) is 0 Å². The predicted octanol–water partition coefficient (Wildman–Crippen LogP) is 1.90. The molecule has 0 bridgehead atoms. The van der Waals surface area contributed by atoms with Crippen molar-refractivity contribution >= 4 is 17.6 Å². The minimum atomic E-state index is -0.980. The van der Waals surface area contributed by atoms with E-state index in [-0.39, 0.29) is 11.5 Å². The van der Waals surface area contributed by atoms with E-state index in [1.54, 1.807) is 13.0 Å². The van der Waals surface area contributed by atoms with Crippen LogP contribution in [-0.4, -0.2) is 22.5 Å². The van der Waals surface area contributed by atoms with Crippen molar-refractivity contribution in [3.63, 3.8) is 0 Å². The minimum Gasteiger partial charge on any atom is -0.478 e. The number of amides is 1. The molecule has 0 saturated heterocycles. The first-order valence-corrected chi connectivity index (χ1v) is 6.37. The quantitative estimate of drug-likeness (QED) is 0.775. The third-order valence-electron chi connectivity index (χ3n) is 3.67. The second kappa shape index (κ2) is 5.01. The number of hydrogen-bond donors (Lipinski definition) is 3. The van der Waals surface area contributed by atoms with Crippen molar-refractivity contribution in [3.05, 3.63) is 29.3 Å². The van der Waals surface area contributed by atoms with Gasteiger partial charge >= 0.3 is 5.97 Å². The van der Waals surface area contributed by atoms with Crippen LogP contribution in [0.4, 0.5) is 5.69 Å². The van der Waals surface area contributed by atoms with Crippen molar-refractivity contribution in [2.45, 2.75) is 38.1 Å². The molecule has 1 aliphatic rings. The van der Waals surface area contributed by atoms with E-state index < -0.39 is 11.5 Å². The average Bonchev–Trinajstić information content (AvgIpc) is 2.80. The third-order valence-corrected chi connectivity index (χ3v) is 3.67. The number of hydrogen-bond acceptors (Lipinski definition) is 3. The van der Waals surface area contributed by atoms with Gasteiger partial charge in [-0.05, 0) is 43.5 Å². The Bertz CT molecular complexity index is 519. The summed E-state index contributed by atoms with van der Waals surface area (Å²) in [5.74, 6) is -1.16. The molecule has 0 radical (unpaired) electrons. The maximum absolute atomic E-state index is 12.2. The molecule has 1 aromatic rings. The Hall–Kier alpha value is -1.88. The minimum absolute atomic E-state index is 0.184. The Morgan fingerprint density at radius 3 is 2.47 bits per heavy atom. The fourth-order valence-electron chi connectivity index (χ4n) is 2.42. The van der Waals surface area contributed by atoms with Crippen LogP contribution in [0.1, 0.15) is 41.6 Å². The molecule has 1 amide bonds. The summed E-state index contributed by atoms with van der Waals surface area (Å²) in [6.07, 6.45) is 3.35. The molecular formula is C14H18N2O3. The average molecular weight is 262 g/mol. The molecule has 1 aliphatic carbocycles. The number of benzene rings is 1. The van der Waals surface area contributed by atoms with Crippen LogP contribution in [0, 0.1) is 6.92 Å². The molecule has 0 unspecified atom stereocenters.